The summed E-state index contributed by atoms with van der Waals surface area (Å²) < 4.78 is 0. The Labute approximate surface area is 51.6 Å². The number of hydrogen-bond donors (Lipinski definition) is 0. The molecule has 1 aliphatic carbocycles. The molecule has 0 bridgehead atoms. The van der Waals surface area contributed by atoms with Gasteiger partial charge in [0.2, 0.25) is 0 Å². The smallest absolute Gasteiger partial charge is 0.0280 e. The van der Waals surface area contributed by atoms with Crippen LogP contribution in [0, 0.1) is 6.92 Å². The Morgan fingerprint density at radius 2 is 1.88 bits per heavy atom. The van der Waals surface area contributed by atoms with E-state index in [0.29, 0.717) is 0 Å². The summed E-state index contributed by atoms with van der Waals surface area (Å²) in [6, 6.07) is 0. The highest BCUT2D eigenvalue weighted by atomic mass is 14.1. The third-order valence-corrected chi connectivity index (χ3v) is 1.88. The summed E-state index contributed by atoms with van der Waals surface area (Å²) in [5.74, 6) is 0. The molecule has 0 saturated heterocycles. The molecule has 8 heavy (non-hydrogen) atoms. The molecule has 0 aromatic carbocycles. The predicted molar refractivity (Wildman–Crippen MR) is 36.5 cm³/mol. The molecule has 0 aromatic heterocycles. The second-order valence-electron chi connectivity index (χ2n) is 2.59. The van der Waals surface area contributed by atoms with Crippen LogP contribution >= 0.6 is 0 Å². The second kappa shape index (κ2) is 2.34. The topological polar surface area (TPSA) is 0 Å². The molecular formula is C8H13. The van der Waals surface area contributed by atoms with Gasteiger partial charge in [0.1, 0.15) is 0 Å². The molecule has 0 heteroatoms. The van der Waals surface area contributed by atoms with Crippen molar-refractivity contribution in [2.45, 2.75) is 32.6 Å². The zero-order valence-electron chi connectivity index (χ0n) is 5.54. The number of rotatable bonds is 0. The van der Waals surface area contributed by atoms with Crippen molar-refractivity contribution in [1.82, 2.24) is 0 Å². The Balaban J connectivity index is 2.60. The Bertz CT molecular complexity index is 95.2. The van der Waals surface area contributed by atoms with Gasteiger partial charge in [-0.15, -0.1) is 0 Å². The number of hydrogen-bond acceptors (Lipinski definition) is 0. The third kappa shape index (κ3) is 1.12. The van der Waals surface area contributed by atoms with Crippen molar-refractivity contribution in [3.63, 3.8) is 0 Å². The lowest BCUT2D eigenvalue weighted by atomic mass is 9.94. The molecule has 0 unspecified atom stereocenters. The van der Waals surface area contributed by atoms with Crippen LogP contribution in [0.4, 0.5) is 0 Å². The van der Waals surface area contributed by atoms with E-state index in [9.17, 15) is 0 Å². The van der Waals surface area contributed by atoms with E-state index in [2.05, 4.69) is 13.8 Å². The lowest BCUT2D eigenvalue weighted by Crippen LogP contribution is -1.92. The van der Waals surface area contributed by atoms with Gasteiger partial charge in [-0.2, -0.15) is 0 Å². The number of allylic oxidation sites excluding steroid dienone is 2. The first-order valence-electron chi connectivity index (χ1n) is 3.31. The van der Waals surface area contributed by atoms with Gasteiger partial charge in [0.25, 0.3) is 0 Å². The van der Waals surface area contributed by atoms with Crippen molar-refractivity contribution in [2.75, 3.05) is 0 Å². The van der Waals surface area contributed by atoms with Gasteiger partial charge in [0.15, 0.2) is 0 Å². The fourth-order valence-corrected chi connectivity index (χ4v) is 1.12. The van der Waals surface area contributed by atoms with E-state index in [1.165, 1.54) is 36.8 Å². The summed E-state index contributed by atoms with van der Waals surface area (Å²) in [6.45, 7) is 6.15. The molecule has 1 radical (unpaired) electrons. The molecule has 0 aliphatic heterocycles. The molecule has 0 saturated carbocycles. The standard InChI is InChI=1S/C8H13/c1-7-5-3-4-6-8(7)2/h1,3-6H2,2H3. The van der Waals surface area contributed by atoms with E-state index >= 15 is 0 Å². The minimum absolute atomic E-state index is 1.24. The molecule has 0 nitrogen and oxygen atoms in total. The van der Waals surface area contributed by atoms with Gasteiger partial charge >= 0.3 is 0 Å². The van der Waals surface area contributed by atoms with Gasteiger partial charge < -0.3 is 0 Å². The average Bonchev–Trinajstić information content (AvgIpc) is 1.77. The molecular weight excluding hydrogens is 96.1 g/mol. The van der Waals surface area contributed by atoms with Crippen LogP contribution in [0.1, 0.15) is 32.6 Å². The lowest BCUT2D eigenvalue weighted by molar-refractivity contribution is 0.682. The first kappa shape index (κ1) is 5.87. The quantitative estimate of drug-likeness (QED) is 0.448. The van der Waals surface area contributed by atoms with Crippen molar-refractivity contribution in [3.8, 4) is 0 Å². The molecule has 0 aromatic rings. The van der Waals surface area contributed by atoms with Crippen LogP contribution in [0.3, 0.4) is 0 Å². The van der Waals surface area contributed by atoms with E-state index in [0.717, 1.165) is 0 Å². The zero-order valence-corrected chi connectivity index (χ0v) is 5.54. The Kier molecular flexibility index (Phi) is 1.72. The van der Waals surface area contributed by atoms with E-state index in [1.54, 1.807) is 0 Å². The van der Waals surface area contributed by atoms with Gasteiger partial charge in [0, 0.05) is 0 Å². The van der Waals surface area contributed by atoms with Gasteiger partial charge in [-0.25, -0.2) is 0 Å². The first-order valence-corrected chi connectivity index (χ1v) is 3.31. The van der Waals surface area contributed by atoms with Crippen LogP contribution in [-0.2, 0) is 0 Å². The highest BCUT2D eigenvalue weighted by Gasteiger charge is 2.02. The summed E-state index contributed by atoms with van der Waals surface area (Å²) in [6.07, 6.45) is 5.27. The molecule has 0 fully saturated rings. The first-order chi connectivity index (χ1) is 3.80. The van der Waals surface area contributed by atoms with Crippen molar-refractivity contribution in [3.05, 3.63) is 18.1 Å². The van der Waals surface area contributed by atoms with E-state index in [-0.39, 0.29) is 0 Å². The highest BCUT2D eigenvalue weighted by Crippen LogP contribution is 2.22. The van der Waals surface area contributed by atoms with Gasteiger partial charge in [0.05, 0.1) is 0 Å². The minimum Gasteiger partial charge on any atom is -0.0741 e. The highest BCUT2D eigenvalue weighted by molar-refractivity contribution is 5.16. The van der Waals surface area contributed by atoms with Crippen LogP contribution in [0.15, 0.2) is 11.1 Å². The molecule has 0 spiro atoms. The van der Waals surface area contributed by atoms with E-state index < -0.39 is 0 Å². The predicted octanol–water partition coefficient (Wildman–Crippen LogP) is 2.71. The fourth-order valence-electron chi connectivity index (χ4n) is 1.12. The van der Waals surface area contributed by atoms with Crippen LogP contribution in [0.5, 0.6) is 0 Å². The second-order valence-corrected chi connectivity index (χ2v) is 2.59. The van der Waals surface area contributed by atoms with E-state index in [4.69, 9.17) is 0 Å². The summed E-state index contributed by atoms with van der Waals surface area (Å²) in [4.78, 5) is 0. The summed E-state index contributed by atoms with van der Waals surface area (Å²) in [7, 11) is 0. The molecule has 0 N–H and O–H groups in total. The maximum Gasteiger partial charge on any atom is -0.0280 e. The van der Waals surface area contributed by atoms with Crippen LogP contribution < -0.4 is 0 Å². The third-order valence-electron chi connectivity index (χ3n) is 1.88. The van der Waals surface area contributed by atoms with Crippen molar-refractivity contribution in [1.29, 1.82) is 0 Å². The zero-order chi connectivity index (χ0) is 5.98. The molecule has 1 rings (SSSR count). The van der Waals surface area contributed by atoms with Crippen LogP contribution in [0.25, 0.3) is 0 Å². The average molecular weight is 109 g/mol. The monoisotopic (exact) mass is 109 g/mol. The molecule has 1 aliphatic rings. The molecule has 0 heterocycles. The molecule has 0 atom stereocenters. The van der Waals surface area contributed by atoms with Gasteiger partial charge in [-0.05, 0) is 39.5 Å². The normalized spacial score (nSPS) is 21.8. The summed E-state index contributed by atoms with van der Waals surface area (Å²) >= 11 is 0. The Morgan fingerprint density at radius 3 is 2.25 bits per heavy atom. The maximum atomic E-state index is 3.96. The van der Waals surface area contributed by atoms with E-state index in [1.807, 2.05) is 0 Å². The SMILES string of the molecule is [CH2]C1=C(C)CCCC1. The Morgan fingerprint density at radius 1 is 1.25 bits per heavy atom. The molecule has 0 amide bonds. The van der Waals surface area contributed by atoms with Crippen LogP contribution in [-0.4, -0.2) is 0 Å². The molecule has 45 valence electrons. The maximum absolute atomic E-state index is 3.96. The van der Waals surface area contributed by atoms with Crippen molar-refractivity contribution in [2.24, 2.45) is 0 Å². The largest absolute Gasteiger partial charge is 0.0741 e. The van der Waals surface area contributed by atoms with Crippen molar-refractivity contribution < 1.29 is 0 Å². The van der Waals surface area contributed by atoms with Crippen molar-refractivity contribution >= 4 is 0 Å². The fraction of sp³-hybridized carbons (Fsp3) is 0.625. The van der Waals surface area contributed by atoms with Crippen LogP contribution in [0.2, 0.25) is 0 Å². The summed E-state index contributed by atoms with van der Waals surface area (Å²) in [5, 5.41) is 0. The lowest BCUT2D eigenvalue weighted by Gasteiger charge is -2.12. The summed E-state index contributed by atoms with van der Waals surface area (Å²) in [5.41, 5.74) is 2.91. The van der Waals surface area contributed by atoms with Gasteiger partial charge in [-0.3, -0.25) is 0 Å². The Hall–Kier alpha value is -0.260. The van der Waals surface area contributed by atoms with Gasteiger partial charge in [-0.1, -0.05) is 11.1 Å². The minimum atomic E-state index is 1.24.